The molecule has 7 heteroatoms. The molecule has 0 saturated carbocycles. The molecule has 2 N–H and O–H groups in total. The van der Waals surface area contributed by atoms with Crippen molar-refractivity contribution in [1.29, 1.82) is 0 Å². The summed E-state index contributed by atoms with van der Waals surface area (Å²) < 4.78 is 13.3. The van der Waals surface area contributed by atoms with E-state index in [1.165, 1.54) is 0 Å². The molecule has 1 atom stereocenters. The van der Waals surface area contributed by atoms with Crippen LogP contribution >= 0.6 is 11.6 Å². The zero-order valence-electron chi connectivity index (χ0n) is 9.44. The number of carbonyl (C=O) groups is 1. The standard InChI is InChI=1S/C10H13ClFN3O2/c1-5(2)3-7(9(16)17)14-8-6(12)4-13-10(11)15-8/h4-5,7H,3H2,1-2H3,(H,16,17)(H,13,14,15). The number of hydrogen-bond donors (Lipinski definition) is 2. The third-order valence-electron chi connectivity index (χ3n) is 2.03. The second-order valence-corrected chi connectivity index (χ2v) is 4.34. The topological polar surface area (TPSA) is 75.1 Å². The van der Waals surface area contributed by atoms with Gasteiger partial charge in [-0.2, -0.15) is 4.98 Å². The molecule has 1 aromatic rings. The monoisotopic (exact) mass is 261 g/mol. The molecule has 0 saturated heterocycles. The molecule has 94 valence electrons. The lowest BCUT2D eigenvalue weighted by Crippen LogP contribution is -2.31. The number of halogens is 2. The van der Waals surface area contributed by atoms with Crippen LogP contribution in [0, 0.1) is 11.7 Å². The minimum absolute atomic E-state index is 0.136. The Kier molecular flexibility index (Phi) is 4.62. The Morgan fingerprint density at radius 3 is 2.82 bits per heavy atom. The number of hydrogen-bond acceptors (Lipinski definition) is 4. The first-order valence-electron chi connectivity index (χ1n) is 5.07. The summed E-state index contributed by atoms with van der Waals surface area (Å²) >= 11 is 5.51. The molecular formula is C10H13ClFN3O2. The predicted molar refractivity (Wildman–Crippen MR) is 61.5 cm³/mol. The van der Waals surface area contributed by atoms with Crippen LogP contribution in [0.15, 0.2) is 6.20 Å². The summed E-state index contributed by atoms with van der Waals surface area (Å²) in [5.74, 6) is -1.83. The van der Waals surface area contributed by atoms with Crippen LogP contribution in [0.3, 0.4) is 0 Å². The van der Waals surface area contributed by atoms with E-state index in [-0.39, 0.29) is 17.0 Å². The molecule has 0 amide bonds. The van der Waals surface area contributed by atoms with Gasteiger partial charge in [0.05, 0.1) is 6.20 Å². The van der Waals surface area contributed by atoms with E-state index in [0.29, 0.717) is 6.42 Å². The van der Waals surface area contributed by atoms with E-state index in [0.717, 1.165) is 6.20 Å². The Labute approximate surface area is 103 Å². The molecule has 17 heavy (non-hydrogen) atoms. The smallest absolute Gasteiger partial charge is 0.326 e. The molecule has 1 heterocycles. The van der Waals surface area contributed by atoms with Crippen LogP contribution in [0.4, 0.5) is 10.2 Å². The van der Waals surface area contributed by atoms with Gasteiger partial charge in [0.2, 0.25) is 5.28 Å². The van der Waals surface area contributed by atoms with Gasteiger partial charge in [0.1, 0.15) is 6.04 Å². The van der Waals surface area contributed by atoms with Gasteiger partial charge in [-0.05, 0) is 23.9 Å². The number of nitrogens with one attached hydrogen (secondary N) is 1. The fourth-order valence-electron chi connectivity index (χ4n) is 1.30. The first-order chi connectivity index (χ1) is 7.90. The second kappa shape index (κ2) is 5.77. The summed E-state index contributed by atoms with van der Waals surface area (Å²) in [7, 11) is 0. The van der Waals surface area contributed by atoms with E-state index < -0.39 is 17.8 Å². The lowest BCUT2D eigenvalue weighted by Gasteiger charge is -2.17. The predicted octanol–water partition coefficient (Wildman–Crippen LogP) is 2.18. The molecule has 5 nitrogen and oxygen atoms in total. The Bertz CT molecular complexity index is 415. The highest BCUT2D eigenvalue weighted by atomic mass is 35.5. The summed E-state index contributed by atoms with van der Waals surface area (Å²) in [4.78, 5) is 18.0. The van der Waals surface area contributed by atoms with Crippen molar-refractivity contribution < 1.29 is 14.3 Å². The van der Waals surface area contributed by atoms with E-state index in [9.17, 15) is 9.18 Å². The molecular weight excluding hydrogens is 249 g/mol. The normalized spacial score (nSPS) is 12.5. The highest BCUT2D eigenvalue weighted by Gasteiger charge is 2.20. The van der Waals surface area contributed by atoms with Gasteiger partial charge < -0.3 is 10.4 Å². The summed E-state index contributed by atoms with van der Waals surface area (Å²) in [5, 5.41) is 11.4. The first kappa shape index (κ1) is 13.6. The third-order valence-corrected chi connectivity index (χ3v) is 2.21. The molecule has 0 bridgehead atoms. The largest absolute Gasteiger partial charge is 0.480 e. The molecule has 1 unspecified atom stereocenters. The van der Waals surface area contributed by atoms with Crippen LogP contribution in [0.2, 0.25) is 5.28 Å². The number of anilines is 1. The lowest BCUT2D eigenvalue weighted by atomic mass is 10.0. The number of carboxylic acids is 1. The van der Waals surface area contributed by atoms with Crippen molar-refractivity contribution >= 4 is 23.4 Å². The Morgan fingerprint density at radius 1 is 1.65 bits per heavy atom. The van der Waals surface area contributed by atoms with Crippen LogP contribution in [0.5, 0.6) is 0 Å². The van der Waals surface area contributed by atoms with Crippen molar-refractivity contribution in [3.63, 3.8) is 0 Å². The van der Waals surface area contributed by atoms with Gasteiger partial charge in [0.15, 0.2) is 11.6 Å². The molecule has 0 fully saturated rings. The van der Waals surface area contributed by atoms with Crippen LogP contribution in [-0.4, -0.2) is 27.1 Å². The fraction of sp³-hybridized carbons (Fsp3) is 0.500. The van der Waals surface area contributed by atoms with Crippen molar-refractivity contribution in [1.82, 2.24) is 9.97 Å². The lowest BCUT2D eigenvalue weighted by molar-refractivity contribution is -0.138. The molecule has 0 aliphatic rings. The molecule has 0 radical (unpaired) electrons. The molecule has 0 spiro atoms. The van der Waals surface area contributed by atoms with Gasteiger partial charge in [-0.1, -0.05) is 13.8 Å². The minimum atomic E-state index is -1.06. The van der Waals surface area contributed by atoms with Gasteiger partial charge in [-0.25, -0.2) is 14.2 Å². The maximum atomic E-state index is 13.3. The summed E-state index contributed by atoms with van der Waals surface area (Å²) in [6.45, 7) is 3.75. The van der Waals surface area contributed by atoms with E-state index >= 15 is 0 Å². The van der Waals surface area contributed by atoms with Crippen LogP contribution in [-0.2, 0) is 4.79 Å². The van der Waals surface area contributed by atoms with Crippen LogP contribution in [0.1, 0.15) is 20.3 Å². The van der Waals surface area contributed by atoms with Gasteiger partial charge >= 0.3 is 5.97 Å². The quantitative estimate of drug-likeness (QED) is 0.795. The third kappa shape index (κ3) is 4.14. The Morgan fingerprint density at radius 2 is 2.29 bits per heavy atom. The van der Waals surface area contributed by atoms with Gasteiger partial charge in [0, 0.05) is 0 Å². The van der Waals surface area contributed by atoms with Crippen molar-refractivity contribution in [3.05, 3.63) is 17.3 Å². The Balaban J connectivity index is 2.85. The minimum Gasteiger partial charge on any atom is -0.480 e. The average Bonchev–Trinajstić information content (AvgIpc) is 2.21. The van der Waals surface area contributed by atoms with Crippen molar-refractivity contribution in [2.45, 2.75) is 26.3 Å². The van der Waals surface area contributed by atoms with Crippen molar-refractivity contribution in [2.24, 2.45) is 5.92 Å². The maximum Gasteiger partial charge on any atom is 0.326 e. The summed E-state index contributed by atoms with van der Waals surface area (Å²) in [6.07, 6.45) is 1.25. The first-order valence-corrected chi connectivity index (χ1v) is 5.45. The molecule has 1 rings (SSSR count). The zero-order chi connectivity index (χ0) is 13.0. The number of aliphatic carboxylic acids is 1. The van der Waals surface area contributed by atoms with E-state index in [2.05, 4.69) is 15.3 Å². The Hall–Kier alpha value is -1.43. The highest BCUT2D eigenvalue weighted by Crippen LogP contribution is 2.16. The molecule has 0 aliphatic carbocycles. The number of carboxylic acid groups (broad SMARTS) is 1. The van der Waals surface area contributed by atoms with Gasteiger partial charge in [-0.15, -0.1) is 0 Å². The number of nitrogens with zero attached hydrogens (tertiary/aromatic N) is 2. The average molecular weight is 262 g/mol. The van der Waals surface area contributed by atoms with Gasteiger partial charge in [-0.3, -0.25) is 0 Å². The SMILES string of the molecule is CC(C)CC(Nc1nc(Cl)ncc1F)C(=O)O. The van der Waals surface area contributed by atoms with Crippen LogP contribution in [0.25, 0.3) is 0 Å². The van der Waals surface area contributed by atoms with E-state index in [1.54, 1.807) is 0 Å². The van der Waals surface area contributed by atoms with E-state index in [4.69, 9.17) is 16.7 Å². The van der Waals surface area contributed by atoms with Crippen molar-refractivity contribution in [2.75, 3.05) is 5.32 Å². The molecule has 1 aromatic heterocycles. The summed E-state index contributed by atoms with van der Waals surface area (Å²) in [6, 6.07) is -0.907. The second-order valence-electron chi connectivity index (χ2n) is 4.00. The maximum absolute atomic E-state index is 13.3. The molecule has 0 aliphatic heterocycles. The number of rotatable bonds is 5. The number of aromatic nitrogens is 2. The van der Waals surface area contributed by atoms with Crippen molar-refractivity contribution in [3.8, 4) is 0 Å². The van der Waals surface area contributed by atoms with E-state index in [1.807, 2.05) is 13.8 Å². The van der Waals surface area contributed by atoms with Gasteiger partial charge in [0.25, 0.3) is 0 Å². The fourth-order valence-corrected chi connectivity index (χ4v) is 1.44. The zero-order valence-corrected chi connectivity index (χ0v) is 10.2. The highest BCUT2D eigenvalue weighted by molar-refractivity contribution is 6.28. The molecule has 0 aromatic carbocycles. The van der Waals surface area contributed by atoms with Crippen LogP contribution < -0.4 is 5.32 Å². The summed E-state index contributed by atoms with van der Waals surface area (Å²) in [5.41, 5.74) is 0.